The second-order valence-corrected chi connectivity index (χ2v) is 4.06. The van der Waals surface area contributed by atoms with E-state index >= 15 is 0 Å². The third kappa shape index (κ3) is 1.44. The summed E-state index contributed by atoms with van der Waals surface area (Å²) >= 11 is 0. The molecule has 1 aromatic carbocycles. The summed E-state index contributed by atoms with van der Waals surface area (Å²) in [6.07, 6.45) is 3.20. The number of fused-ring (bicyclic) bond motifs is 1. The minimum atomic E-state index is -0.332. The van der Waals surface area contributed by atoms with Gasteiger partial charge < -0.3 is 10.3 Å². The number of aromatic nitrogens is 3. The Balaban J connectivity index is 2.35. The van der Waals surface area contributed by atoms with Gasteiger partial charge in [0.25, 0.3) is 0 Å². The van der Waals surface area contributed by atoms with Crippen LogP contribution >= 0.6 is 0 Å². The van der Waals surface area contributed by atoms with E-state index in [0.717, 1.165) is 11.1 Å². The Morgan fingerprint density at radius 1 is 1.28 bits per heavy atom. The van der Waals surface area contributed by atoms with E-state index in [-0.39, 0.29) is 5.82 Å². The number of halogens is 1. The van der Waals surface area contributed by atoms with Gasteiger partial charge in [-0.3, -0.25) is 4.98 Å². The number of nitrogen functional groups attached to an aromatic ring is 1. The highest BCUT2D eigenvalue weighted by atomic mass is 19.1. The lowest BCUT2D eigenvalue weighted by atomic mass is 10.2. The van der Waals surface area contributed by atoms with Crippen molar-refractivity contribution in [3.8, 4) is 11.4 Å². The summed E-state index contributed by atoms with van der Waals surface area (Å²) in [4.78, 5) is 8.26. The molecule has 0 fully saturated rings. The molecule has 0 aliphatic carbocycles. The summed E-state index contributed by atoms with van der Waals surface area (Å²) in [5.74, 6) is 0.303. The molecule has 0 unspecified atom stereocenters. The molecule has 5 heteroatoms. The Hall–Kier alpha value is -2.43. The van der Waals surface area contributed by atoms with Crippen molar-refractivity contribution in [2.75, 3.05) is 5.73 Å². The number of pyridine rings is 1. The second-order valence-electron chi connectivity index (χ2n) is 4.06. The summed E-state index contributed by atoms with van der Waals surface area (Å²) in [6.45, 7) is 0. The summed E-state index contributed by atoms with van der Waals surface area (Å²) in [6, 6.07) is 6.66. The Morgan fingerprint density at radius 3 is 2.83 bits per heavy atom. The molecule has 3 rings (SSSR count). The van der Waals surface area contributed by atoms with E-state index in [4.69, 9.17) is 5.73 Å². The van der Waals surface area contributed by atoms with Crippen LogP contribution in [0.25, 0.3) is 22.4 Å². The first-order chi connectivity index (χ1) is 8.68. The van der Waals surface area contributed by atoms with Gasteiger partial charge in [0, 0.05) is 18.8 Å². The zero-order valence-corrected chi connectivity index (χ0v) is 9.76. The molecule has 2 aromatic heterocycles. The summed E-state index contributed by atoms with van der Waals surface area (Å²) in [7, 11) is 1.84. The number of imidazole rings is 1. The van der Waals surface area contributed by atoms with Crippen molar-refractivity contribution in [3.05, 3.63) is 42.5 Å². The first-order valence-corrected chi connectivity index (χ1v) is 5.49. The van der Waals surface area contributed by atoms with Gasteiger partial charge in [0.15, 0.2) is 5.82 Å². The third-order valence-corrected chi connectivity index (χ3v) is 2.96. The van der Waals surface area contributed by atoms with Gasteiger partial charge in [-0.25, -0.2) is 9.37 Å². The van der Waals surface area contributed by atoms with Gasteiger partial charge in [-0.1, -0.05) is 6.07 Å². The molecule has 0 bridgehead atoms. The lowest BCUT2D eigenvalue weighted by molar-refractivity contribution is 0.637. The molecular formula is C13H11FN4. The average molecular weight is 242 g/mol. The maximum Gasteiger partial charge on any atom is 0.151 e. The van der Waals surface area contributed by atoms with Crippen LogP contribution in [0.15, 0.2) is 36.7 Å². The number of benzene rings is 1. The molecule has 0 radical (unpaired) electrons. The first-order valence-electron chi connectivity index (χ1n) is 5.49. The molecule has 0 saturated heterocycles. The molecule has 0 aliphatic rings. The summed E-state index contributed by atoms with van der Waals surface area (Å²) in [5, 5.41) is 0. The molecule has 2 heterocycles. The first kappa shape index (κ1) is 10.7. The van der Waals surface area contributed by atoms with Crippen molar-refractivity contribution in [3.63, 3.8) is 0 Å². The van der Waals surface area contributed by atoms with Crippen LogP contribution in [0.2, 0.25) is 0 Å². The Kier molecular flexibility index (Phi) is 2.26. The van der Waals surface area contributed by atoms with Crippen LogP contribution in [-0.2, 0) is 7.05 Å². The Labute approximate surface area is 103 Å². The third-order valence-electron chi connectivity index (χ3n) is 2.96. The van der Waals surface area contributed by atoms with Gasteiger partial charge in [-0.05, 0) is 18.2 Å². The van der Waals surface area contributed by atoms with E-state index < -0.39 is 0 Å². The maximum absolute atomic E-state index is 13.7. The molecule has 0 saturated carbocycles. The van der Waals surface area contributed by atoms with Gasteiger partial charge in [0.2, 0.25) is 0 Å². The molecule has 0 amide bonds. The molecule has 0 aliphatic heterocycles. The molecule has 0 spiro atoms. The number of nitrogens with zero attached hydrogens (tertiary/aromatic N) is 3. The predicted octanol–water partition coefficient (Wildman–Crippen LogP) is 2.36. The standard InChI is InChI=1S/C13H11FN4/c1-18-11-4-2-3-9(14)12(11)17-13(18)8-5-6-16-7-10(8)15/h2-7H,15H2,1H3. The van der Waals surface area contributed by atoms with Gasteiger partial charge in [-0.2, -0.15) is 0 Å². The van der Waals surface area contributed by atoms with E-state index in [9.17, 15) is 4.39 Å². The van der Waals surface area contributed by atoms with Crippen molar-refractivity contribution in [2.24, 2.45) is 7.05 Å². The number of hydrogen-bond donors (Lipinski definition) is 1. The fourth-order valence-corrected chi connectivity index (χ4v) is 2.03. The maximum atomic E-state index is 13.7. The van der Waals surface area contributed by atoms with Crippen molar-refractivity contribution < 1.29 is 4.39 Å². The molecular weight excluding hydrogens is 231 g/mol. The second kappa shape index (κ2) is 3.80. The van der Waals surface area contributed by atoms with Crippen molar-refractivity contribution in [1.82, 2.24) is 14.5 Å². The zero-order valence-electron chi connectivity index (χ0n) is 9.76. The highest BCUT2D eigenvalue weighted by molar-refractivity contribution is 5.83. The lowest BCUT2D eigenvalue weighted by Gasteiger charge is -2.04. The van der Waals surface area contributed by atoms with Gasteiger partial charge in [-0.15, -0.1) is 0 Å². The largest absolute Gasteiger partial charge is 0.397 e. The number of nitrogens with two attached hydrogens (primary N) is 1. The minimum absolute atomic E-state index is 0.332. The normalized spacial score (nSPS) is 11.0. The van der Waals surface area contributed by atoms with Crippen LogP contribution in [0, 0.1) is 5.82 Å². The van der Waals surface area contributed by atoms with E-state index in [1.54, 1.807) is 24.5 Å². The molecule has 90 valence electrons. The smallest absolute Gasteiger partial charge is 0.151 e. The molecule has 4 nitrogen and oxygen atoms in total. The van der Waals surface area contributed by atoms with E-state index in [1.807, 2.05) is 17.7 Å². The van der Waals surface area contributed by atoms with Crippen LogP contribution in [0.1, 0.15) is 0 Å². The van der Waals surface area contributed by atoms with Crippen LogP contribution in [0.4, 0.5) is 10.1 Å². The van der Waals surface area contributed by atoms with Crippen molar-refractivity contribution in [1.29, 1.82) is 0 Å². The minimum Gasteiger partial charge on any atom is -0.397 e. The monoisotopic (exact) mass is 242 g/mol. The zero-order chi connectivity index (χ0) is 12.7. The fourth-order valence-electron chi connectivity index (χ4n) is 2.03. The number of hydrogen-bond acceptors (Lipinski definition) is 3. The van der Waals surface area contributed by atoms with Crippen LogP contribution in [0.3, 0.4) is 0 Å². The van der Waals surface area contributed by atoms with Crippen LogP contribution in [-0.4, -0.2) is 14.5 Å². The highest BCUT2D eigenvalue weighted by Crippen LogP contribution is 2.28. The lowest BCUT2D eigenvalue weighted by Crippen LogP contribution is -1.97. The van der Waals surface area contributed by atoms with Crippen LogP contribution in [0.5, 0.6) is 0 Å². The van der Waals surface area contributed by atoms with Gasteiger partial charge >= 0.3 is 0 Å². The van der Waals surface area contributed by atoms with E-state index in [1.165, 1.54) is 6.07 Å². The molecule has 2 N–H and O–H groups in total. The van der Waals surface area contributed by atoms with Crippen molar-refractivity contribution in [2.45, 2.75) is 0 Å². The number of aryl methyl sites for hydroxylation is 1. The number of anilines is 1. The van der Waals surface area contributed by atoms with Crippen LogP contribution < -0.4 is 5.73 Å². The highest BCUT2D eigenvalue weighted by Gasteiger charge is 2.14. The van der Waals surface area contributed by atoms with Crippen molar-refractivity contribution >= 4 is 16.7 Å². The quantitative estimate of drug-likeness (QED) is 0.712. The number of rotatable bonds is 1. The van der Waals surface area contributed by atoms with E-state index in [2.05, 4.69) is 9.97 Å². The molecule has 18 heavy (non-hydrogen) atoms. The molecule has 3 aromatic rings. The molecule has 0 atom stereocenters. The Bertz CT molecular complexity index is 733. The van der Waals surface area contributed by atoms with Gasteiger partial charge in [0.1, 0.15) is 11.3 Å². The van der Waals surface area contributed by atoms with E-state index in [0.29, 0.717) is 17.0 Å². The fraction of sp³-hybridized carbons (Fsp3) is 0.0769. The average Bonchev–Trinajstić information content (AvgIpc) is 2.70. The summed E-state index contributed by atoms with van der Waals surface area (Å²) in [5.41, 5.74) is 8.24. The SMILES string of the molecule is Cn1c(-c2ccncc2N)nc2c(F)cccc21. The topological polar surface area (TPSA) is 56.7 Å². The summed E-state index contributed by atoms with van der Waals surface area (Å²) < 4.78 is 15.5. The Morgan fingerprint density at radius 2 is 2.11 bits per heavy atom. The predicted molar refractivity (Wildman–Crippen MR) is 68.3 cm³/mol. The number of para-hydroxylation sites is 1. The van der Waals surface area contributed by atoms with Gasteiger partial charge in [0.05, 0.1) is 17.4 Å².